The molecular formula is C24H22N8O3. The fraction of sp³-hybridized carbons (Fsp3) is 0.167. The van der Waals surface area contributed by atoms with Crippen molar-refractivity contribution < 1.29 is 14.3 Å². The summed E-state index contributed by atoms with van der Waals surface area (Å²) in [5.41, 5.74) is 4.30. The molecule has 4 heterocycles. The number of pyridine rings is 1. The summed E-state index contributed by atoms with van der Waals surface area (Å²) < 4.78 is 13.6. The van der Waals surface area contributed by atoms with E-state index in [1.807, 2.05) is 48.7 Å². The summed E-state index contributed by atoms with van der Waals surface area (Å²) in [7, 11) is 2.86. The van der Waals surface area contributed by atoms with Crippen LogP contribution in [-0.2, 0) is 4.74 Å². The molecule has 0 bridgehead atoms. The molecule has 176 valence electrons. The lowest BCUT2D eigenvalue weighted by Gasteiger charge is -2.12. The zero-order valence-electron chi connectivity index (χ0n) is 19.6. The van der Waals surface area contributed by atoms with E-state index in [1.165, 1.54) is 14.2 Å². The van der Waals surface area contributed by atoms with Crippen LogP contribution in [0.1, 0.15) is 21.7 Å². The first kappa shape index (κ1) is 22.0. The summed E-state index contributed by atoms with van der Waals surface area (Å²) in [6.07, 6.45) is 1.68. The standard InChI is InChI=1S/C24H22N8O3/c1-14-5-9-20(29-28-14)26-16-6-8-19-18(12-16)25-13-31(19)21-10-7-17(24(33)35-4)23(27-21)32-15(2)11-22(30-32)34-3/h5-13H,1-4H3,(H,26,29). The number of hydrogen-bond acceptors (Lipinski definition) is 9. The smallest absolute Gasteiger partial charge is 0.341 e. The molecule has 0 radical (unpaired) electrons. The summed E-state index contributed by atoms with van der Waals surface area (Å²) in [6, 6.07) is 14.7. The van der Waals surface area contributed by atoms with Crippen molar-refractivity contribution in [3.8, 4) is 17.5 Å². The fourth-order valence-electron chi connectivity index (χ4n) is 3.65. The SMILES string of the molecule is COC(=O)c1ccc(-n2cnc3cc(Nc4ccc(C)nn4)ccc32)nc1-n1nc(OC)cc1C. The van der Waals surface area contributed by atoms with Gasteiger partial charge in [-0.1, -0.05) is 0 Å². The third-order valence-corrected chi connectivity index (χ3v) is 5.40. The van der Waals surface area contributed by atoms with Gasteiger partial charge in [0, 0.05) is 17.4 Å². The van der Waals surface area contributed by atoms with Crippen molar-refractivity contribution >= 4 is 28.5 Å². The molecule has 0 amide bonds. The summed E-state index contributed by atoms with van der Waals surface area (Å²) in [5.74, 6) is 1.43. The number of esters is 1. The summed E-state index contributed by atoms with van der Waals surface area (Å²) in [4.78, 5) is 21.7. The van der Waals surface area contributed by atoms with E-state index in [4.69, 9.17) is 14.5 Å². The largest absolute Gasteiger partial charge is 0.480 e. The lowest BCUT2D eigenvalue weighted by molar-refractivity contribution is 0.0600. The van der Waals surface area contributed by atoms with E-state index in [9.17, 15) is 4.79 Å². The van der Waals surface area contributed by atoms with Gasteiger partial charge in [-0.15, -0.1) is 10.2 Å². The third-order valence-electron chi connectivity index (χ3n) is 5.40. The van der Waals surface area contributed by atoms with Crippen LogP contribution in [0.2, 0.25) is 0 Å². The number of fused-ring (bicyclic) bond motifs is 1. The molecule has 1 N–H and O–H groups in total. The van der Waals surface area contributed by atoms with Crippen LogP contribution in [0.15, 0.2) is 54.9 Å². The Hall–Kier alpha value is -4.80. The van der Waals surface area contributed by atoms with E-state index >= 15 is 0 Å². The Balaban J connectivity index is 1.55. The van der Waals surface area contributed by atoms with Crippen molar-refractivity contribution in [2.45, 2.75) is 13.8 Å². The fourth-order valence-corrected chi connectivity index (χ4v) is 3.65. The molecule has 0 saturated carbocycles. The van der Waals surface area contributed by atoms with E-state index in [2.05, 4.69) is 25.6 Å². The Kier molecular flexibility index (Phi) is 5.57. The van der Waals surface area contributed by atoms with Crippen molar-refractivity contribution in [1.29, 1.82) is 0 Å². The van der Waals surface area contributed by atoms with Gasteiger partial charge in [0.2, 0.25) is 5.88 Å². The molecule has 0 atom stereocenters. The normalized spacial score (nSPS) is 11.0. The van der Waals surface area contributed by atoms with Crippen molar-refractivity contribution in [2.75, 3.05) is 19.5 Å². The average Bonchev–Trinajstić information content (AvgIpc) is 3.47. The molecule has 0 aliphatic heterocycles. The predicted octanol–water partition coefficient (Wildman–Crippen LogP) is 3.55. The molecule has 35 heavy (non-hydrogen) atoms. The Labute approximate surface area is 200 Å². The number of methoxy groups -OCH3 is 2. The number of benzene rings is 1. The lowest BCUT2D eigenvalue weighted by atomic mass is 10.2. The van der Waals surface area contributed by atoms with Crippen molar-refractivity contribution in [3.05, 3.63) is 71.8 Å². The van der Waals surface area contributed by atoms with Gasteiger partial charge >= 0.3 is 5.97 Å². The monoisotopic (exact) mass is 470 g/mol. The molecule has 0 aliphatic carbocycles. The van der Waals surface area contributed by atoms with Crippen LogP contribution >= 0.6 is 0 Å². The van der Waals surface area contributed by atoms with Crippen molar-refractivity contribution in [2.24, 2.45) is 0 Å². The second kappa shape index (κ2) is 8.86. The number of nitrogens with one attached hydrogen (secondary N) is 1. The molecule has 0 aliphatic rings. The highest BCUT2D eigenvalue weighted by Gasteiger charge is 2.20. The van der Waals surface area contributed by atoms with Gasteiger partial charge in [0.05, 0.1) is 30.9 Å². The lowest BCUT2D eigenvalue weighted by Crippen LogP contribution is -2.13. The highest BCUT2D eigenvalue weighted by atomic mass is 16.5. The summed E-state index contributed by atoms with van der Waals surface area (Å²) in [6.45, 7) is 3.74. The number of aromatic nitrogens is 7. The van der Waals surface area contributed by atoms with E-state index in [-0.39, 0.29) is 5.56 Å². The van der Waals surface area contributed by atoms with Gasteiger partial charge in [-0.25, -0.2) is 19.4 Å². The molecule has 0 unspecified atom stereocenters. The maximum atomic E-state index is 12.4. The van der Waals surface area contributed by atoms with Crippen LogP contribution in [0, 0.1) is 13.8 Å². The topological polar surface area (TPSA) is 122 Å². The quantitative estimate of drug-likeness (QED) is 0.371. The van der Waals surface area contributed by atoms with Crippen LogP contribution in [0.3, 0.4) is 0 Å². The molecule has 0 fully saturated rings. The van der Waals surface area contributed by atoms with E-state index in [1.54, 1.807) is 29.2 Å². The number of hydrogen-bond donors (Lipinski definition) is 1. The minimum absolute atomic E-state index is 0.278. The van der Waals surface area contributed by atoms with Gasteiger partial charge < -0.3 is 14.8 Å². The number of ether oxygens (including phenoxy) is 2. The third kappa shape index (κ3) is 4.14. The van der Waals surface area contributed by atoms with Crippen LogP contribution in [0.4, 0.5) is 11.5 Å². The molecule has 0 saturated heterocycles. The maximum absolute atomic E-state index is 12.4. The van der Waals surface area contributed by atoms with Crippen molar-refractivity contribution in [1.82, 2.24) is 34.5 Å². The Morgan fingerprint density at radius 2 is 1.86 bits per heavy atom. The Bertz CT molecular complexity index is 1540. The molecule has 11 heteroatoms. The molecule has 4 aromatic heterocycles. The Morgan fingerprint density at radius 1 is 1.00 bits per heavy atom. The molecule has 0 spiro atoms. The first-order chi connectivity index (χ1) is 17.0. The zero-order chi connectivity index (χ0) is 24.5. The molecular weight excluding hydrogens is 448 g/mol. The maximum Gasteiger partial charge on any atom is 0.341 e. The molecule has 11 nitrogen and oxygen atoms in total. The summed E-state index contributed by atoms with van der Waals surface area (Å²) in [5, 5.41) is 15.8. The van der Waals surface area contributed by atoms with Gasteiger partial charge in [-0.2, -0.15) is 5.10 Å². The van der Waals surface area contributed by atoms with E-state index in [0.717, 1.165) is 28.1 Å². The van der Waals surface area contributed by atoms with Gasteiger partial charge in [0.1, 0.15) is 17.7 Å². The number of rotatable bonds is 6. The van der Waals surface area contributed by atoms with Crippen LogP contribution in [-0.4, -0.2) is 54.7 Å². The van der Waals surface area contributed by atoms with Gasteiger partial charge in [-0.3, -0.25) is 4.57 Å². The predicted molar refractivity (Wildman–Crippen MR) is 129 cm³/mol. The minimum atomic E-state index is -0.515. The summed E-state index contributed by atoms with van der Waals surface area (Å²) >= 11 is 0. The highest BCUT2D eigenvalue weighted by molar-refractivity contribution is 5.93. The van der Waals surface area contributed by atoms with Gasteiger partial charge in [0.25, 0.3) is 0 Å². The number of aryl methyl sites for hydroxylation is 2. The van der Waals surface area contributed by atoms with Gasteiger partial charge in [-0.05, 0) is 56.3 Å². The first-order valence-electron chi connectivity index (χ1n) is 10.7. The number of imidazole rings is 1. The first-order valence-corrected chi connectivity index (χ1v) is 10.7. The molecule has 5 aromatic rings. The second-order valence-electron chi connectivity index (χ2n) is 7.78. The number of carbonyl (C=O) groups excluding carboxylic acids is 1. The highest BCUT2D eigenvalue weighted by Crippen LogP contribution is 2.25. The van der Waals surface area contributed by atoms with Crippen LogP contribution in [0.25, 0.3) is 22.7 Å². The minimum Gasteiger partial charge on any atom is -0.480 e. The zero-order valence-corrected chi connectivity index (χ0v) is 19.6. The molecule has 1 aromatic carbocycles. The van der Waals surface area contributed by atoms with E-state index in [0.29, 0.717) is 23.3 Å². The number of nitrogens with zero attached hydrogens (tertiary/aromatic N) is 7. The van der Waals surface area contributed by atoms with E-state index < -0.39 is 5.97 Å². The van der Waals surface area contributed by atoms with Crippen LogP contribution < -0.4 is 10.1 Å². The second-order valence-corrected chi connectivity index (χ2v) is 7.78. The number of anilines is 2. The van der Waals surface area contributed by atoms with Crippen molar-refractivity contribution in [3.63, 3.8) is 0 Å². The number of carbonyl (C=O) groups is 1. The Morgan fingerprint density at radius 3 is 2.57 bits per heavy atom. The molecule has 5 rings (SSSR count). The average molecular weight is 470 g/mol. The van der Waals surface area contributed by atoms with Gasteiger partial charge in [0.15, 0.2) is 11.6 Å². The van der Waals surface area contributed by atoms with Crippen LogP contribution in [0.5, 0.6) is 5.88 Å².